The maximum Gasteiger partial charge on any atom is 0.254 e. The highest BCUT2D eigenvalue weighted by atomic mass is 16.3. The van der Waals surface area contributed by atoms with Gasteiger partial charge < -0.3 is 26.6 Å². The van der Waals surface area contributed by atoms with Gasteiger partial charge in [0.25, 0.3) is 5.91 Å². The van der Waals surface area contributed by atoms with E-state index < -0.39 is 11.5 Å². The summed E-state index contributed by atoms with van der Waals surface area (Å²) in [5.41, 5.74) is 5.11. The molecule has 26 heavy (non-hydrogen) atoms. The molecule has 8 heteroatoms. The highest BCUT2D eigenvalue weighted by Gasteiger charge is 2.29. The van der Waals surface area contributed by atoms with Gasteiger partial charge in [0.15, 0.2) is 0 Å². The zero-order valence-corrected chi connectivity index (χ0v) is 15.2. The van der Waals surface area contributed by atoms with Crippen molar-refractivity contribution in [1.82, 2.24) is 9.97 Å². The average Bonchev–Trinajstić information content (AvgIpc) is 2.57. The van der Waals surface area contributed by atoms with Gasteiger partial charge in [-0.2, -0.15) is 4.98 Å². The molecule has 2 atom stereocenters. The van der Waals surface area contributed by atoms with E-state index in [9.17, 15) is 15.0 Å². The van der Waals surface area contributed by atoms with Gasteiger partial charge in [-0.1, -0.05) is 0 Å². The van der Waals surface area contributed by atoms with Crippen LogP contribution in [0.1, 0.15) is 68.6 Å². The summed E-state index contributed by atoms with van der Waals surface area (Å²) in [7, 11) is 0. The Morgan fingerprint density at radius 2 is 1.96 bits per heavy atom. The average molecular weight is 363 g/mol. The molecule has 1 heterocycles. The van der Waals surface area contributed by atoms with Crippen LogP contribution in [0.3, 0.4) is 0 Å². The maximum atomic E-state index is 11.7. The number of aromatic nitrogens is 2. The van der Waals surface area contributed by atoms with E-state index in [0.29, 0.717) is 18.2 Å². The lowest BCUT2D eigenvalue weighted by molar-refractivity contribution is 0.0195. The molecule has 1 aromatic rings. The lowest BCUT2D eigenvalue weighted by Crippen LogP contribution is -2.36. The number of aliphatic hydroxyl groups excluding tert-OH is 1. The van der Waals surface area contributed by atoms with Crippen LogP contribution in [0.2, 0.25) is 0 Å². The Balaban J connectivity index is 1.70. The second-order valence-electron chi connectivity index (χ2n) is 7.90. The first-order chi connectivity index (χ1) is 12.3. The van der Waals surface area contributed by atoms with Gasteiger partial charge in [0.05, 0.1) is 17.3 Å². The second kappa shape index (κ2) is 7.75. The summed E-state index contributed by atoms with van der Waals surface area (Å²) in [5, 5.41) is 26.5. The summed E-state index contributed by atoms with van der Waals surface area (Å²) in [6.07, 6.45) is 7.54. The number of aliphatic hydroxyl groups is 2. The van der Waals surface area contributed by atoms with Crippen LogP contribution < -0.4 is 16.4 Å². The van der Waals surface area contributed by atoms with E-state index in [-0.39, 0.29) is 23.8 Å². The van der Waals surface area contributed by atoms with Gasteiger partial charge >= 0.3 is 0 Å². The quantitative estimate of drug-likeness (QED) is 0.534. The van der Waals surface area contributed by atoms with Gasteiger partial charge in [0, 0.05) is 18.3 Å². The van der Waals surface area contributed by atoms with E-state index in [2.05, 4.69) is 20.6 Å². The molecule has 1 aromatic heterocycles. The summed E-state index contributed by atoms with van der Waals surface area (Å²) in [6.45, 7) is 1.86. The monoisotopic (exact) mass is 363 g/mol. The Morgan fingerprint density at radius 1 is 1.23 bits per heavy atom. The van der Waals surface area contributed by atoms with Gasteiger partial charge in [0.1, 0.15) is 5.82 Å². The molecular weight excluding hydrogens is 334 g/mol. The molecular formula is C18H29N5O3. The topological polar surface area (TPSA) is 133 Å². The third-order valence-corrected chi connectivity index (χ3v) is 5.44. The van der Waals surface area contributed by atoms with Crippen LogP contribution in [0, 0.1) is 0 Å². The van der Waals surface area contributed by atoms with Gasteiger partial charge in [-0.15, -0.1) is 0 Å². The Hall–Kier alpha value is -1.93. The van der Waals surface area contributed by atoms with Crippen molar-refractivity contribution in [1.29, 1.82) is 0 Å². The minimum Gasteiger partial charge on any atom is -0.393 e. The molecule has 3 rings (SSSR count). The van der Waals surface area contributed by atoms with Crippen molar-refractivity contribution in [3.63, 3.8) is 0 Å². The van der Waals surface area contributed by atoms with Crippen molar-refractivity contribution >= 4 is 17.7 Å². The zero-order chi connectivity index (χ0) is 18.7. The smallest absolute Gasteiger partial charge is 0.254 e. The van der Waals surface area contributed by atoms with Crippen molar-refractivity contribution in [2.75, 3.05) is 10.6 Å². The highest BCUT2D eigenvalue weighted by molar-refractivity contribution is 5.97. The lowest BCUT2D eigenvalue weighted by atomic mass is 9.84. The summed E-state index contributed by atoms with van der Waals surface area (Å²) >= 11 is 0. The normalized spacial score (nSPS) is 32.0. The van der Waals surface area contributed by atoms with Crippen molar-refractivity contribution in [2.24, 2.45) is 5.73 Å². The molecule has 2 fully saturated rings. The number of nitrogens with two attached hydrogens (primary N) is 1. The molecule has 2 saturated carbocycles. The molecule has 0 bridgehead atoms. The molecule has 1 amide bonds. The first-order valence-corrected chi connectivity index (χ1v) is 9.43. The number of nitrogens with one attached hydrogen (secondary N) is 2. The highest BCUT2D eigenvalue weighted by Crippen LogP contribution is 2.29. The van der Waals surface area contributed by atoms with Gasteiger partial charge in [-0.3, -0.25) is 4.79 Å². The van der Waals surface area contributed by atoms with Crippen LogP contribution in [-0.2, 0) is 0 Å². The summed E-state index contributed by atoms with van der Waals surface area (Å²) in [4.78, 5) is 20.4. The first kappa shape index (κ1) is 18.8. The van der Waals surface area contributed by atoms with Crippen LogP contribution in [0.15, 0.2) is 6.20 Å². The van der Waals surface area contributed by atoms with E-state index >= 15 is 0 Å². The summed E-state index contributed by atoms with van der Waals surface area (Å²) in [5.74, 6) is 0.279. The molecule has 6 N–H and O–H groups in total. The standard InChI is InChI=1S/C18H29N5O3/c1-18(26)7-5-11(6-8-18)22-17-20-10-14(15(19)25)16(23-17)21-12-3-2-4-13(24)9-12/h10-13,24,26H,2-9H2,1H3,(H2,19,25)(H2,20,21,22,23)/t11?,12-,13-,18?/m1/s1. The van der Waals surface area contributed by atoms with Crippen molar-refractivity contribution in [3.8, 4) is 0 Å². The maximum absolute atomic E-state index is 11.7. The first-order valence-electron chi connectivity index (χ1n) is 9.43. The van der Waals surface area contributed by atoms with Gasteiger partial charge in [0.2, 0.25) is 5.95 Å². The summed E-state index contributed by atoms with van der Waals surface area (Å²) < 4.78 is 0. The Labute approximate surface area is 153 Å². The predicted octanol–water partition coefficient (Wildman–Crippen LogP) is 1.40. The Morgan fingerprint density at radius 3 is 2.62 bits per heavy atom. The molecule has 2 aliphatic carbocycles. The molecule has 2 aliphatic rings. The van der Waals surface area contributed by atoms with E-state index in [0.717, 1.165) is 44.9 Å². The van der Waals surface area contributed by atoms with E-state index in [1.54, 1.807) is 0 Å². The van der Waals surface area contributed by atoms with E-state index in [1.165, 1.54) is 6.20 Å². The number of nitrogens with zero attached hydrogens (tertiary/aromatic N) is 2. The molecule has 8 nitrogen and oxygen atoms in total. The Kier molecular flexibility index (Phi) is 5.62. The van der Waals surface area contributed by atoms with Crippen LogP contribution in [-0.4, -0.2) is 49.9 Å². The third-order valence-electron chi connectivity index (χ3n) is 5.44. The van der Waals surface area contributed by atoms with Crippen LogP contribution in [0.5, 0.6) is 0 Å². The van der Waals surface area contributed by atoms with Gasteiger partial charge in [-0.05, 0) is 58.3 Å². The molecule has 0 aliphatic heterocycles. The summed E-state index contributed by atoms with van der Waals surface area (Å²) in [6, 6.07) is 0.253. The number of hydrogen-bond acceptors (Lipinski definition) is 7. The van der Waals surface area contributed by atoms with E-state index in [1.807, 2.05) is 6.92 Å². The van der Waals surface area contributed by atoms with Crippen LogP contribution >= 0.6 is 0 Å². The largest absolute Gasteiger partial charge is 0.393 e. The number of anilines is 2. The molecule has 144 valence electrons. The van der Waals surface area contributed by atoms with Crippen molar-refractivity contribution in [2.45, 2.75) is 82.1 Å². The number of carbonyl (C=O) groups is 1. The molecule has 0 unspecified atom stereocenters. The van der Waals surface area contributed by atoms with Crippen LogP contribution in [0.4, 0.5) is 11.8 Å². The SMILES string of the molecule is CC1(O)CCC(Nc2ncc(C(N)=O)c(N[C@@H]3CCC[C@@H](O)C3)n2)CC1. The predicted molar refractivity (Wildman–Crippen MR) is 98.9 cm³/mol. The minimum atomic E-state index is -0.594. The molecule has 0 radical (unpaired) electrons. The minimum absolute atomic E-state index is 0.0596. The number of rotatable bonds is 5. The number of carbonyl (C=O) groups excluding carboxylic acids is 1. The fourth-order valence-corrected chi connectivity index (χ4v) is 3.80. The molecule has 0 aromatic carbocycles. The lowest BCUT2D eigenvalue weighted by Gasteiger charge is -2.33. The third kappa shape index (κ3) is 4.82. The van der Waals surface area contributed by atoms with Crippen molar-refractivity contribution < 1.29 is 15.0 Å². The zero-order valence-electron chi connectivity index (χ0n) is 15.2. The molecule has 0 spiro atoms. The molecule has 0 saturated heterocycles. The fourth-order valence-electron chi connectivity index (χ4n) is 3.80. The number of hydrogen-bond donors (Lipinski definition) is 5. The van der Waals surface area contributed by atoms with E-state index in [4.69, 9.17) is 5.73 Å². The Bertz CT molecular complexity index is 642. The van der Waals surface area contributed by atoms with Crippen LogP contribution in [0.25, 0.3) is 0 Å². The van der Waals surface area contributed by atoms with Crippen molar-refractivity contribution in [3.05, 3.63) is 11.8 Å². The fraction of sp³-hybridized carbons (Fsp3) is 0.722. The second-order valence-corrected chi connectivity index (χ2v) is 7.90. The number of primary amides is 1. The van der Waals surface area contributed by atoms with Gasteiger partial charge in [-0.25, -0.2) is 4.98 Å². The number of amides is 1.